The second-order valence-electron chi connectivity index (χ2n) is 6.49. The molecule has 7 nitrogen and oxygen atoms in total. The van der Waals surface area contributed by atoms with Crippen molar-refractivity contribution in [1.82, 2.24) is 10.2 Å². The molecule has 154 valence electrons. The number of hydrogen-bond donors (Lipinski definition) is 2. The van der Waals surface area contributed by atoms with Crippen LogP contribution in [-0.2, 0) is 4.79 Å². The molecule has 0 bridgehead atoms. The molecule has 1 aliphatic rings. The quantitative estimate of drug-likeness (QED) is 0.465. The fraction of sp³-hybridized carbons (Fsp3) is 0.300. The molecular formula is C20H21Cl2N3O4. The summed E-state index contributed by atoms with van der Waals surface area (Å²) in [6.45, 7) is 0.883. The molecule has 9 heteroatoms. The molecule has 29 heavy (non-hydrogen) atoms. The first-order valence-corrected chi connectivity index (χ1v) is 9.85. The van der Waals surface area contributed by atoms with Crippen molar-refractivity contribution in [2.45, 2.75) is 6.10 Å². The van der Waals surface area contributed by atoms with Gasteiger partial charge in [0.15, 0.2) is 0 Å². The zero-order valence-corrected chi connectivity index (χ0v) is 17.1. The van der Waals surface area contributed by atoms with E-state index >= 15 is 0 Å². The first kappa shape index (κ1) is 21.4. The van der Waals surface area contributed by atoms with E-state index in [2.05, 4.69) is 5.32 Å². The van der Waals surface area contributed by atoms with Crippen LogP contribution in [0.5, 0.6) is 5.75 Å². The highest BCUT2D eigenvalue weighted by Crippen LogP contribution is 2.24. The van der Waals surface area contributed by atoms with Gasteiger partial charge in [-0.15, -0.1) is 0 Å². The van der Waals surface area contributed by atoms with E-state index in [1.54, 1.807) is 48.5 Å². The number of benzene rings is 2. The number of imide groups is 1. The zero-order valence-electron chi connectivity index (χ0n) is 15.6. The highest BCUT2D eigenvalue weighted by Gasteiger charge is 2.36. The van der Waals surface area contributed by atoms with E-state index in [-0.39, 0.29) is 38.2 Å². The number of para-hydroxylation sites is 1. The van der Waals surface area contributed by atoms with Crippen LogP contribution in [0.4, 0.5) is 10.5 Å². The summed E-state index contributed by atoms with van der Waals surface area (Å²) in [6.07, 6.45) is -0.762. The van der Waals surface area contributed by atoms with Crippen molar-refractivity contribution in [3.05, 3.63) is 58.6 Å². The summed E-state index contributed by atoms with van der Waals surface area (Å²) < 4.78 is 5.48. The van der Waals surface area contributed by atoms with Gasteiger partial charge < -0.3 is 15.2 Å². The van der Waals surface area contributed by atoms with Gasteiger partial charge in [0.2, 0.25) is 0 Å². The Morgan fingerprint density at radius 3 is 2.55 bits per heavy atom. The molecule has 1 unspecified atom stereocenters. The van der Waals surface area contributed by atoms with E-state index < -0.39 is 6.10 Å². The van der Waals surface area contributed by atoms with E-state index in [0.29, 0.717) is 28.0 Å². The normalized spacial score (nSPS) is 15.1. The van der Waals surface area contributed by atoms with E-state index in [9.17, 15) is 14.7 Å². The van der Waals surface area contributed by atoms with Gasteiger partial charge in [0.25, 0.3) is 5.91 Å². The van der Waals surface area contributed by atoms with Crippen LogP contribution in [0.25, 0.3) is 0 Å². The van der Waals surface area contributed by atoms with Crippen molar-refractivity contribution in [2.24, 2.45) is 0 Å². The Kier molecular flexibility index (Phi) is 7.33. The Bertz CT molecular complexity index is 863. The maximum absolute atomic E-state index is 12.5. The summed E-state index contributed by atoms with van der Waals surface area (Å²) in [5.74, 6) is 0.234. The summed E-state index contributed by atoms with van der Waals surface area (Å²) in [6, 6.07) is 13.4. The van der Waals surface area contributed by atoms with Gasteiger partial charge in [-0.2, -0.15) is 0 Å². The monoisotopic (exact) mass is 437 g/mol. The summed E-state index contributed by atoms with van der Waals surface area (Å²) in [5, 5.41) is 14.1. The second kappa shape index (κ2) is 9.93. The van der Waals surface area contributed by atoms with Crippen molar-refractivity contribution in [2.75, 3.05) is 37.7 Å². The van der Waals surface area contributed by atoms with E-state index in [1.165, 1.54) is 9.80 Å². The van der Waals surface area contributed by atoms with Crippen LogP contribution in [0.15, 0.2) is 48.5 Å². The molecule has 1 saturated heterocycles. The number of anilines is 1. The Morgan fingerprint density at radius 2 is 1.83 bits per heavy atom. The number of urea groups is 1. The van der Waals surface area contributed by atoms with Gasteiger partial charge in [0.05, 0.1) is 5.02 Å². The smallest absolute Gasteiger partial charge is 0.331 e. The van der Waals surface area contributed by atoms with Crippen LogP contribution >= 0.6 is 23.2 Å². The van der Waals surface area contributed by atoms with E-state index in [4.69, 9.17) is 27.9 Å². The number of amides is 3. The van der Waals surface area contributed by atoms with Crippen LogP contribution in [0.1, 0.15) is 0 Å². The maximum Gasteiger partial charge on any atom is 0.331 e. The average Bonchev–Trinajstić information content (AvgIpc) is 2.99. The molecule has 0 aromatic heterocycles. The van der Waals surface area contributed by atoms with Crippen LogP contribution in [-0.4, -0.2) is 60.8 Å². The molecule has 0 saturated carbocycles. The highest BCUT2D eigenvalue weighted by molar-refractivity contribution is 6.32. The summed E-state index contributed by atoms with van der Waals surface area (Å²) >= 11 is 11.9. The Balaban J connectivity index is 1.41. The SMILES string of the molecule is O=C1CN(c2ccc(Cl)cc2)C(=O)N1CCNCC(O)COc1ccccc1Cl. The van der Waals surface area contributed by atoms with E-state index in [0.717, 1.165) is 0 Å². The minimum Gasteiger partial charge on any atom is -0.489 e. The molecule has 0 spiro atoms. The number of aliphatic hydroxyl groups is 1. The second-order valence-corrected chi connectivity index (χ2v) is 7.33. The lowest BCUT2D eigenvalue weighted by molar-refractivity contribution is -0.124. The molecule has 1 fully saturated rings. The summed E-state index contributed by atoms with van der Waals surface area (Å²) in [4.78, 5) is 27.3. The minimum atomic E-state index is -0.762. The van der Waals surface area contributed by atoms with Crippen molar-refractivity contribution in [3.8, 4) is 5.75 Å². The number of hydrogen-bond acceptors (Lipinski definition) is 5. The lowest BCUT2D eigenvalue weighted by Gasteiger charge is -2.18. The van der Waals surface area contributed by atoms with E-state index in [1.807, 2.05) is 0 Å². The largest absolute Gasteiger partial charge is 0.489 e. The Labute approximate surface area is 178 Å². The number of ether oxygens (including phenoxy) is 1. The van der Waals surface area contributed by atoms with Crippen LogP contribution in [0.3, 0.4) is 0 Å². The predicted octanol–water partition coefficient (Wildman–Crippen LogP) is 2.79. The van der Waals surface area contributed by atoms with Crippen molar-refractivity contribution in [1.29, 1.82) is 0 Å². The number of nitrogens with zero attached hydrogens (tertiary/aromatic N) is 2. The summed E-state index contributed by atoms with van der Waals surface area (Å²) in [5.41, 5.74) is 0.621. The molecule has 1 aliphatic heterocycles. The van der Waals surface area contributed by atoms with Crippen molar-refractivity contribution < 1.29 is 19.4 Å². The third-order valence-electron chi connectivity index (χ3n) is 4.35. The molecule has 2 aromatic rings. The van der Waals surface area contributed by atoms with Crippen LogP contribution in [0.2, 0.25) is 10.0 Å². The van der Waals surface area contributed by atoms with Crippen LogP contribution < -0.4 is 15.0 Å². The van der Waals surface area contributed by atoms with Crippen molar-refractivity contribution >= 4 is 40.8 Å². The Hall–Kier alpha value is -2.32. The molecule has 1 atom stereocenters. The third kappa shape index (κ3) is 5.61. The standard InChI is InChI=1S/C20H21Cl2N3O4/c21-14-5-7-15(8-6-14)25-12-19(27)24(20(25)28)10-9-23-11-16(26)13-29-18-4-2-1-3-17(18)22/h1-8,16,23,26H,9-13H2. The summed E-state index contributed by atoms with van der Waals surface area (Å²) in [7, 11) is 0. The fourth-order valence-electron chi connectivity index (χ4n) is 2.85. The lowest BCUT2D eigenvalue weighted by Crippen LogP contribution is -2.40. The van der Waals surface area contributed by atoms with Gasteiger partial charge in [0.1, 0.15) is 25.0 Å². The van der Waals surface area contributed by atoms with Gasteiger partial charge >= 0.3 is 6.03 Å². The zero-order chi connectivity index (χ0) is 20.8. The first-order chi connectivity index (χ1) is 14.0. The third-order valence-corrected chi connectivity index (χ3v) is 4.92. The van der Waals surface area contributed by atoms with Gasteiger partial charge in [-0.25, -0.2) is 4.79 Å². The molecule has 0 aliphatic carbocycles. The maximum atomic E-state index is 12.5. The number of nitrogens with one attached hydrogen (secondary N) is 1. The lowest BCUT2D eigenvalue weighted by atomic mass is 10.3. The molecule has 3 amide bonds. The van der Waals surface area contributed by atoms with Gasteiger partial charge in [0, 0.05) is 30.3 Å². The fourth-order valence-corrected chi connectivity index (χ4v) is 3.17. The predicted molar refractivity (Wildman–Crippen MR) is 112 cm³/mol. The molecule has 0 radical (unpaired) electrons. The molecule has 2 aromatic carbocycles. The van der Waals surface area contributed by atoms with Gasteiger partial charge in [-0.3, -0.25) is 14.6 Å². The Morgan fingerprint density at radius 1 is 1.10 bits per heavy atom. The number of carbonyl (C=O) groups excluding carboxylic acids is 2. The minimum absolute atomic E-state index is 0.00519. The highest BCUT2D eigenvalue weighted by atomic mass is 35.5. The first-order valence-electron chi connectivity index (χ1n) is 9.09. The van der Waals surface area contributed by atoms with Gasteiger partial charge in [-0.05, 0) is 36.4 Å². The number of aliphatic hydroxyl groups excluding tert-OH is 1. The molecule has 1 heterocycles. The molecular weight excluding hydrogens is 417 g/mol. The topological polar surface area (TPSA) is 82.1 Å². The number of carbonyl (C=O) groups is 2. The van der Waals surface area contributed by atoms with Gasteiger partial charge in [-0.1, -0.05) is 35.3 Å². The molecule has 3 rings (SSSR count). The molecule has 2 N–H and O–H groups in total. The van der Waals surface area contributed by atoms with Crippen LogP contribution in [0, 0.1) is 0 Å². The van der Waals surface area contributed by atoms with Crippen molar-refractivity contribution in [3.63, 3.8) is 0 Å². The average molecular weight is 438 g/mol. The number of rotatable bonds is 9. The number of halogens is 2.